The fourth-order valence-electron chi connectivity index (χ4n) is 4.77. The molecule has 6 rings (SSSR count). The minimum absolute atomic E-state index is 0.0134. The Balaban J connectivity index is 0.000000152. The average molecular weight is 497 g/mol. The third-order valence-electron chi connectivity index (χ3n) is 6.93. The summed E-state index contributed by atoms with van der Waals surface area (Å²) >= 11 is 0. The largest absolute Gasteiger partial charge is 0.325 e. The van der Waals surface area contributed by atoms with Crippen LogP contribution in [0, 0.1) is 22.9 Å². The van der Waals surface area contributed by atoms with Crippen molar-refractivity contribution in [2.45, 2.75) is 38.5 Å². The number of H-pyrrole nitrogens is 2. The molecule has 12 heteroatoms. The number of nitrogens with one attached hydrogen (secondary N) is 5. The molecule has 2 aliphatic rings. The van der Waals surface area contributed by atoms with Crippen LogP contribution in [-0.4, -0.2) is 38.8 Å². The third-order valence-corrected chi connectivity index (χ3v) is 6.93. The maximum atomic E-state index is 12.2. The van der Waals surface area contributed by atoms with Gasteiger partial charge in [0.05, 0.1) is 32.9 Å². The van der Waals surface area contributed by atoms with Crippen LogP contribution in [0.2, 0.25) is 0 Å². The van der Waals surface area contributed by atoms with Crippen LogP contribution < -0.4 is 20.9 Å². The molecule has 37 heavy (non-hydrogen) atoms. The molecule has 0 bridgehead atoms. The Morgan fingerprint density at radius 2 is 1.38 bits per heavy atom. The maximum absolute atomic E-state index is 12.2. The molecular weight excluding hydrogens is 472 g/mol. The van der Waals surface area contributed by atoms with E-state index in [-0.39, 0.29) is 11.8 Å². The molecule has 0 spiro atoms. The Morgan fingerprint density at radius 3 is 1.95 bits per heavy atom. The van der Waals surface area contributed by atoms with Gasteiger partial charge in [0, 0.05) is 18.4 Å². The smallest absolute Gasteiger partial charge is 0.236 e. The van der Waals surface area contributed by atoms with Crippen LogP contribution in [-0.2, 0) is 20.4 Å². The van der Waals surface area contributed by atoms with E-state index in [0.717, 1.165) is 39.1 Å². The summed E-state index contributed by atoms with van der Waals surface area (Å²) in [5.41, 5.74) is 5.54. The number of anilines is 4. The number of imidazole rings is 2. The zero-order valence-electron chi connectivity index (χ0n) is 20.9. The van der Waals surface area contributed by atoms with Crippen molar-refractivity contribution in [3.8, 4) is 12.4 Å². The van der Waals surface area contributed by atoms with Gasteiger partial charge in [0.2, 0.25) is 23.7 Å². The number of nitriles is 2. The van der Waals surface area contributed by atoms with E-state index in [2.05, 4.69) is 35.9 Å². The number of fused-ring (bicyclic) bond motifs is 4. The van der Waals surface area contributed by atoms with Gasteiger partial charge in [-0.3, -0.25) is 20.2 Å². The number of hydrogen-bond donors (Lipinski definition) is 5. The second-order valence-corrected chi connectivity index (χ2v) is 10.0. The Labute approximate surface area is 211 Å². The van der Waals surface area contributed by atoms with Crippen LogP contribution in [0.15, 0.2) is 24.3 Å². The Kier molecular flexibility index (Phi) is 5.09. The summed E-state index contributed by atoms with van der Waals surface area (Å²) in [5.74, 6) is 0.874. The van der Waals surface area contributed by atoms with Crippen LogP contribution in [0.1, 0.15) is 38.8 Å². The van der Waals surface area contributed by atoms with Gasteiger partial charge in [-0.05, 0) is 63.1 Å². The van der Waals surface area contributed by atoms with E-state index in [9.17, 15) is 9.59 Å². The highest BCUT2D eigenvalue weighted by Gasteiger charge is 2.42. The highest BCUT2D eigenvalue weighted by molar-refractivity contribution is 6.09. The highest BCUT2D eigenvalue weighted by Crippen LogP contribution is 2.42. The number of rotatable bonds is 2. The van der Waals surface area contributed by atoms with Gasteiger partial charge in [-0.25, -0.2) is 9.97 Å². The molecule has 0 aliphatic carbocycles. The third kappa shape index (κ3) is 3.58. The second kappa shape index (κ2) is 7.96. The number of likely N-dealkylation sites (N-methyl/N-ethyl adjacent to an activating group) is 1. The second-order valence-electron chi connectivity index (χ2n) is 10.0. The van der Waals surface area contributed by atoms with Gasteiger partial charge in [-0.15, -0.1) is 0 Å². The lowest BCUT2D eigenvalue weighted by molar-refractivity contribution is -0.122. The van der Waals surface area contributed by atoms with Crippen LogP contribution in [0.4, 0.5) is 23.3 Å². The van der Waals surface area contributed by atoms with Crippen molar-refractivity contribution in [1.82, 2.24) is 19.9 Å². The summed E-state index contributed by atoms with van der Waals surface area (Å²) in [6.45, 7) is 7.58. The minimum atomic E-state index is -0.544. The van der Waals surface area contributed by atoms with Crippen molar-refractivity contribution in [3.63, 3.8) is 0 Å². The summed E-state index contributed by atoms with van der Waals surface area (Å²) in [5, 5.41) is 24.9. The number of carbonyl (C=O) groups is 2. The van der Waals surface area contributed by atoms with Crippen molar-refractivity contribution in [2.24, 2.45) is 0 Å². The van der Waals surface area contributed by atoms with E-state index in [1.165, 1.54) is 0 Å². The minimum Gasteiger partial charge on any atom is -0.325 e. The number of benzene rings is 2. The number of amides is 2. The monoisotopic (exact) mass is 496 g/mol. The zero-order chi connectivity index (χ0) is 26.7. The van der Waals surface area contributed by atoms with Crippen LogP contribution >= 0.6 is 0 Å². The fraction of sp³-hybridized carbons (Fsp3) is 0.280. The van der Waals surface area contributed by atoms with E-state index in [1.54, 1.807) is 11.9 Å². The van der Waals surface area contributed by atoms with E-state index < -0.39 is 10.8 Å². The van der Waals surface area contributed by atoms with Gasteiger partial charge in [-0.1, -0.05) is 0 Å². The van der Waals surface area contributed by atoms with Crippen molar-refractivity contribution in [3.05, 3.63) is 35.4 Å². The van der Waals surface area contributed by atoms with Gasteiger partial charge in [0.25, 0.3) is 0 Å². The molecule has 0 unspecified atom stereocenters. The van der Waals surface area contributed by atoms with Crippen molar-refractivity contribution in [2.75, 3.05) is 27.9 Å². The first-order valence-electron chi connectivity index (χ1n) is 11.5. The quantitative estimate of drug-likeness (QED) is 0.207. The SMILES string of the molecule is CC1(C)C(=O)Nc2cc3nc(NC#N)[nH]c3cc21.CN1C(=O)C(C)(C)c2cc3[nH]c(NC#N)nc3cc21. The molecule has 4 aromatic rings. The molecule has 2 aromatic heterocycles. The number of aromatic nitrogens is 4. The molecule has 186 valence electrons. The van der Waals surface area contributed by atoms with Gasteiger partial charge in [-0.2, -0.15) is 10.5 Å². The maximum Gasteiger partial charge on any atom is 0.236 e. The molecule has 2 aromatic carbocycles. The summed E-state index contributed by atoms with van der Waals surface area (Å²) < 4.78 is 0. The Hall–Kier alpha value is -5.10. The van der Waals surface area contributed by atoms with Gasteiger partial charge < -0.3 is 20.2 Å². The molecular formula is C25H24N10O2. The number of aromatic amines is 2. The number of nitrogens with zero attached hydrogens (tertiary/aromatic N) is 5. The Morgan fingerprint density at radius 1 is 0.838 bits per heavy atom. The van der Waals surface area contributed by atoms with E-state index in [4.69, 9.17) is 10.5 Å². The summed E-state index contributed by atoms with van der Waals surface area (Å²) in [4.78, 5) is 40.2. The van der Waals surface area contributed by atoms with Crippen molar-refractivity contribution in [1.29, 1.82) is 10.5 Å². The van der Waals surface area contributed by atoms with Crippen LogP contribution in [0.3, 0.4) is 0 Å². The molecule has 4 heterocycles. The molecule has 0 saturated heterocycles. The molecule has 2 aliphatic heterocycles. The molecule has 0 saturated carbocycles. The molecule has 0 radical (unpaired) electrons. The first kappa shape index (κ1) is 23.6. The zero-order valence-corrected chi connectivity index (χ0v) is 20.9. The molecule has 0 fully saturated rings. The lowest BCUT2D eigenvalue weighted by atomic mass is 9.86. The Bertz CT molecular complexity index is 1700. The summed E-state index contributed by atoms with van der Waals surface area (Å²) in [6.07, 6.45) is 3.64. The predicted octanol–water partition coefficient (Wildman–Crippen LogP) is 3.40. The first-order chi connectivity index (χ1) is 17.5. The standard InChI is InChI=1S/C13H13N5O.C12H11N5O/c1-13(2)7-4-8-9(17-12(16-8)15-6-14)5-10(7)18(3)11(13)19;1-12(2)6-3-8-9(4-7(6)15-10(12)18)17-11(16-8)14-5-13/h4-5H,1-3H3,(H2,15,16,17);3-4H,1-2H3,(H,15,18)(H2,14,16,17). The van der Waals surface area contributed by atoms with E-state index >= 15 is 0 Å². The number of carbonyl (C=O) groups excluding carboxylic acids is 2. The molecule has 12 nitrogen and oxygen atoms in total. The van der Waals surface area contributed by atoms with Crippen molar-refractivity contribution < 1.29 is 9.59 Å². The predicted molar refractivity (Wildman–Crippen MR) is 139 cm³/mol. The normalized spacial score (nSPS) is 16.4. The summed E-state index contributed by atoms with van der Waals surface area (Å²) in [6, 6.07) is 7.52. The van der Waals surface area contributed by atoms with Crippen molar-refractivity contribution >= 4 is 57.2 Å². The first-order valence-corrected chi connectivity index (χ1v) is 11.5. The van der Waals surface area contributed by atoms with E-state index in [0.29, 0.717) is 17.4 Å². The topological polar surface area (TPSA) is 178 Å². The van der Waals surface area contributed by atoms with Gasteiger partial charge >= 0.3 is 0 Å². The lowest BCUT2D eigenvalue weighted by Crippen LogP contribution is -2.33. The average Bonchev–Trinajstić information content (AvgIpc) is 3.52. The van der Waals surface area contributed by atoms with Crippen LogP contribution in [0.5, 0.6) is 0 Å². The molecule has 2 amide bonds. The molecule has 5 N–H and O–H groups in total. The van der Waals surface area contributed by atoms with Crippen LogP contribution in [0.25, 0.3) is 22.1 Å². The summed E-state index contributed by atoms with van der Waals surface area (Å²) in [7, 11) is 1.77. The van der Waals surface area contributed by atoms with Gasteiger partial charge in [0.15, 0.2) is 12.4 Å². The lowest BCUT2D eigenvalue weighted by Gasteiger charge is -2.16. The molecule has 0 atom stereocenters. The van der Waals surface area contributed by atoms with E-state index in [1.807, 2.05) is 64.3 Å². The van der Waals surface area contributed by atoms with Gasteiger partial charge in [0.1, 0.15) is 0 Å². The number of hydrogen-bond acceptors (Lipinski definition) is 8. The fourth-order valence-corrected chi connectivity index (χ4v) is 4.77. The highest BCUT2D eigenvalue weighted by atomic mass is 16.2.